The maximum Gasteiger partial charge on any atom is 0.340 e. The maximum atomic E-state index is 13.3. The molecule has 3 aromatic carbocycles. The van der Waals surface area contributed by atoms with Gasteiger partial charge in [0.1, 0.15) is 5.75 Å². The van der Waals surface area contributed by atoms with Gasteiger partial charge in [-0.3, -0.25) is 0 Å². The van der Waals surface area contributed by atoms with E-state index in [4.69, 9.17) is 4.74 Å². The summed E-state index contributed by atoms with van der Waals surface area (Å²) >= 11 is 0. The molecular weight excluding hydrogens is 400 g/mol. The Morgan fingerprint density at radius 1 is 0.969 bits per heavy atom. The van der Waals surface area contributed by atoms with Crippen LogP contribution in [0.5, 0.6) is 5.75 Å². The monoisotopic (exact) mass is 428 g/mol. The molecule has 0 unspecified atom stereocenters. The van der Waals surface area contributed by atoms with Crippen LogP contribution in [-0.4, -0.2) is 41.2 Å². The Balaban J connectivity index is 2.11. The van der Waals surface area contributed by atoms with Gasteiger partial charge in [-0.15, -0.1) is 0 Å². The second-order valence-electron chi connectivity index (χ2n) is 8.08. The summed E-state index contributed by atoms with van der Waals surface area (Å²) in [6, 6.07) is 23.7. The molecule has 1 N–H and O–H groups in total. The number of nitrogens with zero attached hydrogens (tertiary/aromatic N) is 2. The lowest BCUT2D eigenvalue weighted by atomic mass is 10.0. The average Bonchev–Trinajstić information content (AvgIpc) is 3.11. The highest BCUT2D eigenvalue weighted by Crippen LogP contribution is 2.40. The van der Waals surface area contributed by atoms with Gasteiger partial charge in [-0.2, -0.15) is 0 Å². The molecule has 0 aliphatic carbocycles. The molecule has 0 amide bonds. The third-order valence-electron chi connectivity index (χ3n) is 5.50. The Bertz CT molecular complexity index is 1230. The van der Waals surface area contributed by atoms with E-state index in [1.165, 1.54) is 0 Å². The topological polar surface area (TPSA) is 54.7 Å². The Morgan fingerprint density at radius 3 is 2.25 bits per heavy atom. The number of fused-ring (bicyclic) bond motifs is 1. The number of phenolic OH excluding ortho intramolecular Hbond substituents is 1. The van der Waals surface area contributed by atoms with Crippen LogP contribution in [0.15, 0.2) is 72.8 Å². The molecule has 32 heavy (non-hydrogen) atoms. The third-order valence-corrected chi connectivity index (χ3v) is 5.50. The summed E-state index contributed by atoms with van der Waals surface area (Å²) in [5.74, 6) is -0.206. The lowest BCUT2D eigenvalue weighted by Gasteiger charge is -2.14. The van der Waals surface area contributed by atoms with Crippen molar-refractivity contribution in [2.75, 3.05) is 20.7 Å². The van der Waals surface area contributed by atoms with Gasteiger partial charge in [0.25, 0.3) is 0 Å². The van der Waals surface area contributed by atoms with Crippen molar-refractivity contribution in [3.63, 3.8) is 0 Å². The number of benzene rings is 3. The van der Waals surface area contributed by atoms with Crippen molar-refractivity contribution >= 4 is 16.9 Å². The van der Waals surface area contributed by atoms with Crippen molar-refractivity contribution in [2.24, 2.45) is 0 Å². The molecule has 164 valence electrons. The fourth-order valence-electron chi connectivity index (χ4n) is 4.21. The summed E-state index contributed by atoms with van der Waals surface area (Å²) in [5, 5.41) is 11.5. The van der Waals surface area contributed by atoms with Crippen molar-refractivity contribution in [3.05, 3.63) is 89.5 Å². The Hall–Kier alpha value is -3.57. The SMILES string of the molecule is CCOC(=O)c1c(-c2ccccc2)n(Cc2ccccc2)c2ccc(O)c(CN(C)C)c12. The van der Waals surface area contributed by atoms with Crippen LogP contribution in [0.25, 0.3) is 22.2 Å². The van der Waals surface area contributed by atoms with E-state index in [0.29, 0.717) is 18.7 Å². The minimum atomic E-state index is -0.381. The van der Waals surface area contributed by atoms with E-state index in [2.05, 4.69) is 16.7 Å². The molecule has 0 aliphatic rings. The van der Waals surface area contributed by atoms with Crippen LogP contribution in [0.4, 0.5) is 0 Å². The quantitative estimate of drug-likeness (QED) is 0.406. The second kappa shape index (κ2) is 9.28. The number of rotatable bonds is 7. The number of aromatic nitrogens is 1. The normalized spacial score (nSPS) is 11.2. The van der Waals surface area contributed by atoms with Gasteiger partial charge in [-0.25, -0.2) is 4.79 Å². The number of carbonyl (C=O) groups is 1. The number of hydrogen-bond acceptors (Lipinski definition) is 4. The molecule has 0 atom stereocenters. The molecule has 0 fully saturated rings. The molecule has 5 nitrogen and oxygen atoms in total. The Morgan fingerprint density at radius 2 is 1.62 bits per heavy atom. The number of hydrogen-bond donors (Lipinski definition) is 1. The van der Waals surface area contributed by atoms with Crippen LogP contribution in [-0.2, 0) is 17.8 Å². The highest BCUT2D eigenvalue weighted by Gasteiger charge is 2.28. The molecule has 0 spiro atoms. The fraction of sp³-hybridized carbons (Fsp3) is 0.222. The minimum Gasteiger partial charge on any atom is -0.508 e. The van der Waals surface area contributed by atoms with E-state index in [-0.39, 0.29) is 18.3 Å². The van der Waals surface area contributed by atoms with Crippen LogP contribution >= 0.6 is 0 Å². The van der Waals surface area contributed by atoms with Crippen LogP contribution in [0, 0.1) is 0 Å². The number of esters is 1. The summed E-state index contributed by atoms with van der Waals surface area (Å²) in [7, 11) is 3.89. The lowest BCUT2D eigenvalue weighted by Crippen LogP contribution is -2.12. The Kier molecular flexibility index (Phi) is 6.28. The fourth-order valence-corrected chi connectivity index (χ4v) is 4.21. The highest BCUT2D eigenvalue weighted by molar-refractivity contribution is 6.12. The maximum absolute atomic E-state index is 13.3. The van der Waals surface area contributed by atoms with Crippen molar-refractivity contribution in [3.8, 4) is 17.0 Å². The number of carbonyl (C=O) groups excluding carboxylic acids is 1. The first-order valence-electron chi connectivity index (χ1n) is 10.8. The van der Waals surface area contributed by atoms with Crippen LogP contribution in [0.1, 0.15) is 28.4 Å². The number of aromatic hydroxyl groups is 1. The van der Waals surface area contributed by atoms with Crippen molar-refractivity contribution < 1.29 is 14.6 Å². The average molecular weight is 429 g/mol. The molecular formula is C27H28N2O3. The molecule has 0 radical (unpaired) electrons. The molecule has 0 aliphatic heterocycles. The largest absolute Gasteiger partial charge is 0.508 e. The molecule has 1 heterocycles. The van der Waals surface area contributed by atoms with E-state index in [1.807, 2.05) is 73.6 Å². The second-order valence-corrected chi connectivity index (χ2v) is 8.08. The first-order chi connectivity index (χ1) is 15.5. The predicted molar refractivity (Wildman–Crippen MR) is 128 cm³/mol. The highest BCUT2D eigenvalue weighted by atomic mass is 16.5. The van der Waals surface area contributed by atoms with Gasteiger partial charge >= 0.3 is 5.97 Å². The van der Waals surface area contributed by atoms with Gasteiger partial charge in [0.05, 0.1) is 23.4 Å². The summed E-state index contributed by atoms with van der Waals surface area (Å²) < 4.78 is 7.67. The van der Waals surface area contributed by atoms with E-state index >= 15 is 0 Å². The number of phenols is 1. The van der Waals surface area contributed by atoms with Gasteiger partial charge in [0, 0.05) is 24.0 Å². The van der Waals surface area contributed by atoms with Gasteiger partial charge < -0.3 is 19.3 Å². The van der Waals surface area contributed by atoms with Crippen LogP contribution in [0.2, 0.25) is 0 Å². The van der Waals surface area contributed by atoms with Crippen molar-refractivity contribution in [1.29, 1.82) is 0 Å². The molecule has 0 saturated heterocycles. The van der Waals surface area contributed by atoms with E-state index in [9.17, 15) is 9.90 Å². The standard InChI is InChI=1S/C27H28N2O3/c1-4-32-27(31)25-24-21(18-28(2)3)23(30)16-15-22(24)29(17-19-11-7-5-8-12-19)26(25)20-13-9-6-10-14-20/h5-16,30H,4,17-18H2,1-3H3. The minimum absolute atomic E-state index is 0.174. The summed E-state index contributed by atoms with van der Waals surface area (Å²) in [6.45, 7) is 3.17. The van der Waals surface area contributed by atoms with E-state index < -0.39 is 0 Å². The molecule has 1 aromatic heterocycles. The van der Waals surface area contributed by atoms with Crippen molar-refractivity contribution in [2.45, 2.75) is 20.0 Å². The van der Waals surface area contributed by atoms with Gasteiger partial charge in [-0.1, -0.05) is 60.7 Å². The van der Waals surface area contributed by atoms with Gasteiger partial charge in [0.15, 0.2) is 0 Å². The van der Waals surface area contributed by atoms with Crippen molar-refractivity contribution in [1.82, 2.24) is 9.47 Å². The zero-order valence-electron chi connectivity index (χ0n) is 18.7. The van der Waals surface area contributed by atoms with Crippen LogP contribution < -0.4 is 0 Å². The summed E-state index contributed by atoms with van der Waals surface area (Å²) in [4.78, 5) is 15.3. The summed E-state index contributed by atoms with van der Waals surface area (Å²) in [5.41, 5.74) is 4.97. The smallest absolute Gasteiger partial charge is 0.340 e. The van der Waals surface area contributed by atoms with Gasteiger partial charge in [0.2, 0.25) is 0 Å². The van der Waals surface area contributed by atoms with E-state index in [1.54, 1.807) is 13.0 Å². The first kappa shape index (κ1) is 21.7. The van der Waals surface area contributed by atoms with E-state index in [0.717, 1.165) is 33.3 Å². The first-order valence-corrected chi connectivity index (χ1v) is 10.8. The summed E-state index contributed by atoms with van der Waals surface area (Å²) in [6.07, 6.45) is 0. The van der Waals surface area contributed by atoms with Crippen LogP contribution in [0.3, 0.4) is 0 Å². The molecule has 0 saturated carbocycles. The molecule has 5 heteroatoms. The lowest BCUT2D eigenvalue weighted by molar-refractivity contribution is 0.0529. The van der Waals surface area contributed by atoms with Gasteiger partial charge in [-0.05, 0) is 44.3 Å². The molecule has 4 aromatic rings. The molecule has 4 rings (SSSR count). The predicted octanol–water partition coefficient (Wildman–Crippen LogP) is 5.30. The zero-order valence-corrected chi connectivity index (χ0v) is 18.7. The third kappa shape index (κ3) is 4.12. The zero-order chi connectivity index (χ0) is 22.7. The Labute approximate surface area is 188 Å². The molecule has 0 bridgehead atoms. The number of ether oxygens (including phenoxy) is 1.